The quantitative estimate of drug-likeness (QED) is 0.142. The number of aryl methyl sites for hydroxylation is 4. The van der Waals surface area contributed by atoms with Gasteiger partial charge in [-0.1, -0.05) is 194 Å². The molecule has 0 aliphatic rings. The standard InChI is InChI=1S/C72H52N2S2/c1-45-19-13-31-59(55-29-15-23-49-21-5-7-25-53(49)55)69(45)73(65-35-17-33-61-57-27-9-11-37-67(57)75-71(61)65)63-41-39-51(43-47(63)3)52-40-42-64(48(4)44-52)74(66-36-18-34-62-58-28-10-12-38-68(58)76-72(62)66)70-46(2)20-14-32-60(70)56-30-16-24-50-22-6-8-26-54(50)56/h5-44H,1-4H3. The largest absolute Gasteiger partial charge is 0.308 e. The van der Waals surface area contributed by atoms with Gasteiger partial charge in [0.05, 0.1) is 32.1 Å². The molecule has 76 heavy (non-hydrogen) atoms. The highest BCUT2D eigenvalue weighted by Gasteiger charge is 2.27. The van der Waals surface area contributed by atoms with Crippen LogP contribution in [-0.4, -0.2) is 0 Å². The van der Waals surface area contributed by atoms with E-state index < -0.39 is 0 Å². The van der Waals surface area contributed by atoms with E-state index in [1.165, 1.54) is 140 Å². The number of thiophene rings is 2. The fourth-order valence-electron chi connectivity index (χ4n) is 12.0. The molecule has 0 aliphatic heterocycles. The molecule has 2 heterocycles. The second kappa shape index (κ2) is 18.5. The second-order valence-corrected chi connectivity index (χ2v) is 22.3. The number of anilines is 6. The molecule has 0 N–H and O–H groups in total. The zero-order valence-electron chi connectivity index (χ0n) is 42.8. The SMILES string of the molecule is Cc1cc(-c2ccc(N(c3c(C)cccc3-c3cccc4ccccc34)c3cccc4c3sc3ccccc34)c(C)c2)ccc1N(c1c(C)cccc1-c1cccc2ccccc12)c1cccc2c1sc1ccccc12. The zero-order chi connectivity index (χ0) is 51.0. The van der Waals surface area contributed by atoms with E-state index in [1.54, 1.807) is 0 Å². The van der Waals surface area contributed by atoms with Gasteiger partial charge in [-0.25, -0.2) is 0 Å². The summed E-state index contributed by atoms with van der Waals surface area (Å²) in [4.78, 5) is 5.11. The van der Waals surface area contributed by atoms with Crippen molar-refractivity contribution in [3.8, 4) is 33.4 Å². The Bertz CT molecular complexity index is 4310. The van der Waals surface area contributed by atoms with Crippen molar-refractivity contribution >= 4 is 119 Å². The molecule has 0 saturated carbocycles. The fourth-order valence-corrected chi connectivity index (χ4v) is 14.4. The van der Waals surface area contributed by atoms with Crippen LogP contribution in [0.25, 0.3) is 95.3 Å². The summed E-state index contributed by atoms with van der Waals surface area (Å²) in [6.45, 7) is 9.10. The number of hydrogen-bond acceptors (Lipinski definition) is 4. The van der Waals surface area contributed by atoms with Gasteiger partial charge in [-0.2, -0.15) is 0 Å². The van der Waals surface area contributed by atoms with E-state index >= 15 is 0 Å². The Morgan fingerprint density at radius 2 is 0.618 bits per heavy atom. The summed E-state index contributed by atoms with van der Waals surface area (Å²) in [6, 6.07) is 90.0. The minimum Gasteiger partial charge on any atom is -0.308 e. The second-order valence-electron chi connectivity index (χ2n) is 20.2. The molecule has 4 heteroatoms. The van der Waals surface area contributed by atoms with Gasteiger partial charge in [0.25, 0.3) is 0 Å². The average molecular weight is 1010 g/mol. The van der Waals surface area contributed by atoms with E-state index in [-0.39, 0.29) is 0 Å². The summed E-state index contributed by atoms with van der Waals surface area (Å²) in [7, 11) is 0. The van der Waals surface area contributed by atoms with Crippen LogP contribution in [0.3, 0.4) is 0 Å². The Kier molecular flexibility index (Phi) is 11.2. The third-order valence-corrected chi connectivity index (χ3v) is 18.0. The summed E-state index contributed by atoms with van der Waals surface area (Å²) < 4.78 is 5.14. The van der Waals surface area contributed by atoms with Crippen LogP contribution in [0.15, 0.2) is 243 Å². The number of fused-ring (bicyclic) bond motifs is 8. The number of benzene rings is 12. The van der Waals surface area contributed by atoms with Crippen LogP contribution in [0.4, 0.5) is 34.1 Å². The van der Waals surface area contributed by atoms with Crippen LogP contribution in [-0.2, 0) is 0 Å². The molecule has 0 bridgehead atoms. The lowest BCUT2D eigenvalue weighted by Gasteiger charge is -2.32. The molecule has 0 atom stereocenters. The molecule has 0 amide bonds. The van der Waals surface area contributed by atoms with Gasteiger partial charge in [0.1, 0.15) is 0 Å². The highest BCUT2D eigenvalue weighted by atomic mass is 32.1. The summed E-state index contributed by atoms with van der Waals surface area (Å²) in [5.41, 5.74) is 19.1. The molecule has 2 aromatic heterocycles. The number of nitrogens with zero attached hydrogens (tertiary/aromatic N) is 2. The molecule has 0 radical (unpaired) electrons. The van der Waals surface area contributed by atoms with Gasteiger partial charge in [0, 0.05) is 53.4 Å². The van der Waals surface area contributed by atoms with Crippen LogP contribution < -0.4 is 9.80 Å². The van der Waals surface area contributed by atoms with Crippen molar-refractivity contribution in [2.45, 2.75) is 27.7 Å². The van der Waals surface area contributed by atoms with Crippen LogP contribution in [0.5, 0.6) is 0 Å². The Morgan fingerprint density at radius 1 is 0.263 bits per heavy atom. The van der Waals surface area contributed by atoms with Crippen molar-refractivity contribution < 1.29 is 0 Å². The molecule has 0 saturated heterocycles. The van der Waals surface area contributed by atoms with Gasteiger partial charge in [-0.05, 0) is 142 Å². The molecule has 14 rings (SSSR count). The molecule has 362 valence electrons. The smallest absolute Gasteiger partial charge is 0.0640 e. The molecule has 0 unspecified atom stereocenters. The molecule has 2 nitrogen and oxygen atoms in total. The first kappa shape index (κ1) is 45.8. The Labute approximate surface area is 451 Å². The molecule has 0 aliphatic carbocycles. The van der Waals surface area contributed by atoms with E-state index in [0.717, 1.165) is 11.4 Å². The molecule has 0 fully saturated rings. The third-order valence-electron chi connectivity index (χ3n) is 15.5. The molecular weight excluding hydrogens is 957 g/mol. The highest BCUT2D eigenvalue weighted by Crippen LogP contribution is 2.52. The number of hydrogen-bond donors (Lipinski definition) is 0. The predicted octanol–water partition coefficient (Wildman–Crippen LogP) is 21.9. The molecular formula is C72H52N2S2. The topological polar surface area (TPSA) is 6.48 Å². The van der Waals surface area contributed by atoms with E-state index in [0.29, 0.717) is 0 Å². The van der Waals surface area contributed by atoms with Crippen LogP contribution >= 0.6 is 22.7 Å². The van der Waals surface area contributed by atoms with E-state index in [1.807, 2.05) is 22.7 Å². The number of para-hydroxylation sites is 2. The van der Waals surface area contributed by atoms with Crippen LogP contribution in [0.2, 0.25) is 0 Å². The Balaban J connectivity index is 0.942. The van der Waals surface area contributed by atoms with Gasteiger partial charge in [0.15, 0.2) is 0 Å². The monoisotopic (exact) mass is 1010 g/mol. The lowest BCUT2D eigenvalue weighted by atomic mass is 9.93. The predicted molar refractivity (Wildman–Crippen MR) is 332 cm³/mol. The van der Waals surface area contributed by atoms with Crippen LogP contribution in [0.1, 0.15) is 22.3 Å². The van der Waals surface area contributed by atoms with Crippen molar-refractivity contribution in [1.29, 1.82) is 0 Å². The van der Waals surface area contributed by atoms with E-state index in [2.05, 4.69) is 280 Å². The van der Waals surface area contributed by atoms with Gasteiger partial charge in [-0.3, -0.25) is 0 Å². The molecule has 12 aromatic carbocycles. The van der Waals surface area contributed by atoms with Gasteiger partial charge in [0.2, 0.25) is 0 Å². The van der Waals surface area contributed by atoms with Crippen molar-refractivity contribution in [2.24, 2.45) is 0 Å². The molecule has 14 aromatic rings. The highest BCUT2D eigenvalue weighted by molar-refractivity contribution is 7.26. The minimum atomic E-state index is 1.15. The first-order valence-corrected chi connectivity index (χ1v) is 27.8. The van der Waals surface area contributed by atoms with Crippen molar-refractivity contribution in [3.05, 3.63) is 265 Å². The lowest BCUT2D eigenvalue weighted by Crippen LogP contribution is -2.14. The van der Waals surface area contributed by atoms with Gasteiger partial charge in [-0.15, -0.1) is 22.7 Å². The summed E-state index contributed by atoms with van der Waals surface area (Å²) in [5.74, 6) is 0. The third kappa shape index (κ3) is 7.51. The van der Waals surface area contributed by atoms with Crippen LogP contribution in [0, 0.1) is 27.7 Å². The van der Waals surface area contributed by atoms with Crippen molar-refractivity contribution in [1.82, 2.24) is 0 Å². The normalized spacial score (nSPS) is 11.7. The van der Waals surface area contributed by atoms with Gasteiger partial charge >= 0.3 is 0 Å². The van der Waals surface area contributed by atoms with Crippen molar-refractivity contribution in [2.75, 3.05) is 9.80 Å². The lowest BCUT2D eigenvalue weighted by molar-refractivity contribution is 1.23. The average Bonchev–Trinajstić information content (AvgIpc) is 4.10. The number of rotatable bonds is 9. The fraction of sp³-hybridized carbons (Fsp3) is 0.0556. The van der Waals surface area contributed by atoms with E-state index in [9.17, 15) is 0 Å². The first-order chi connectivity index (χ1) is 37.4. The summed E-state index contributed by atoms with van der Waals surface area (Å²) in [6.07, 6.45) is 0. The Morgan fingerprint density at radius 3 is 1.07 bits per heavy atom. The van der Waals surface area contributed by atoms with E-state index in [4.69, 9.17) is 0 Å². The summed E-state index contributed by atoms with van der Waals surface area (Å²) in [5, 5.41) is 10.1. The maximum atomic E-state index is 2.56. The first-order valence-electron chi connectivity index (χ1n) is 26.2. The Hall–Kier alpha value is -8.80. The zero-order valence-corrected chi connectivity index (χ0v) is 44.4. The minimum absolute atomic E-state index is 1.15. The van der Waals surface area contributed by atoms with Gasteiger partial charge < -0.3 is 9.80 Å². The summed E-state index contributed by atoms with van der Waals surface area (Å²) >= 11 is 3.76. The maximum Gasteiger partial charge on any atom is 0.0640 e. The van der Waals surface area contributed by atoms with Crippen molar-refractivity contribution in [3.63, 3.8) is 0 Å². The molecule has 0 spiro atoms. The maximum absolute atomic E-state index is 2.56.